The van der Waals surface area contributed by atoms with E-state index >= 15 is 0 Å². The Kier molecular flexibility index (Phi) is 9.98. The first-order valence-electron chi connectivity index (χ1n) is 12.2. The first kappa shape index (κ1) is 25.3. The summed E-state index contributed by atoms with van der Waals surface area (Å²) in [5.74, 6) is 4.26. The van der Waals surface area contributed by atoms with Crippen LogP contribution in [0.1, 0.15) is 74.6 Å². The molecule has 0 atom stereocenters. The molecule has 3 rings (SSSR count). The molecule has 0 saturated carbocycles. The summed E-state index contributed by atoms with van der Waals surface area (Å²) in [6, 6.07) is 18.0. The second-order valence-electron chi connectivity index (χ2n) is 8.51. The molecule has 176 valence electrons. The molecule has 0 unspecified atom stereocenters. The Morgan fingerprint density at radius 1 is 0.618 bits per heavy atom. The van der Waals surface area contributed by atoms with E-state index in [2.05, 4.69) is 48.0 Å². The van der Waals surface area contributed by atoms with E-state index in [1.54, 1.807) is 24.3 Å². The number of unbranched alkanes of at least 4 members (excludes halogenated alkanes) is 4. The minimum Gasteiger partial charge on any atom is -0.206 e. The van der Waals surface area contributed by atoms with Gasteiger partial charge in [-0.2, -0.15) is 10.2 Å². The van der Waals surface area contributed by atoms with Gasteiger partial charge >= 0.3 is 0 Å². The largest absolute Gasteiger partial charge is 0.206 e. The monoisotopic (exact) mass is 458 g/mol. The normalized spacial score (nSPS) is 10.9. The van der Waals surface area contributed by atoms with Crippen LogP contribution in [0, 0.1) is 23.5 Å². The molecular formula is C30H32F2N2. The summed E-state index contributed by atoms with van der Waals surface area (Å²) < 4.78 is 28.8. The molecule has 2 nitrogen and oxygen atoms in total. The van der Waals surface area contributed by atoms with Gasteiger partial charge in [0, 0.05) is 5.56 Å². The first-order valence-corrected chi connectivity index (χ1v) is 12.2. The van der Waals surface area contributed by atoms with Crippen LogP contribution in [-0.2, 0) is 12.8 Å². The summed E-state index contributed by atoms with van der Waals surface area (Å²) in [4.78, 5) is 0. The Morgan fingerprint density at radius 2 is 1.12 bits per heavy atom. The number of hydrogen-bond donors (Lipinski definition) is 0. The van der Waals surface area contributed by atoms with Crippen LogP contribution < -0.4 is 0 Å². The fourth-order valence-electron chi connectivity index (χ4n) is 3.64. The van der Waals surface area contributed by atoms with Crippen LogP contribution in [-0.4, -0.2) is 0 Å². The highest BCUT2D eigenvalue weighted by Crippen LogP contribution is 2.21. The lowest BCUT2D eigenvalue weighted by Crippen LogP contribution is -1.95. The minimum atomic E-state index is -0.610. The Morgan fingerprint density at radius 3 is 1.65 bits per heavy atom. The van der Waals surface area contributed by atoms with Crippen molar-refractivity contribution in [2.45, 2.75) is 65.2 Å². The van der Waals surface area contributed by atoms with Gasteiger partial charge in [0.05, 0.1) is 16.9 Å². The van der Waals surface area contributed by atoms with E-state index in [9.17, 15) is 8.78 Å². The summed E-state index contributed by atoms with van der Waals surface area (Å²) in [5, 5.41) is 8.55. The molecule has 0 fully saturated rings. The number of nitrogens with zero attached hydrogens (tertiary/aromatic N) is 2. The Bertz CT molecular complexity index is 1110. The van der Waals surface area contributed by atoms with Crippen molar-refractivity contribution in [3.8, 4) is 11.8 Å². The predicted molar refractivity (Wildman–Crippen MR) is 136 cm³/mol. The molecule has 4 heteroatoms. The van der Waals surface area contributed by atoms with Crippen molar-refractivity contribution in [3.05, 3.63) is 94.6 Å². The van der Waals surface area contributed by atoms with Crippen LogP contribution in [0.15, 0.2) is 70.9 Å². The fourth-order valence-corrected chi connectivity index (χ4v) is 3.64. The molecule has 0 spiro atoms. The van der Waals surface area contributed by atoms with Crippen LogP contribution in [0.2, 0.25) is 0 Å². The standard InChI is InChI=1S/C30H32F2N2/c1-3-5-7-9-23-11-16-26(17-12-23)33-34-27-18-13-24(14-19-27)15-20-28-29(31)21-25(22-30(28)32)10-8-6-4-2/h11-14,16-19,21-22H,3-10H2,1-2H3. The molecule has 34 heavy (non-hydrogen) atoms. The lowest BCUT2D eigenvalue weighted by Gasteiger charge is -2.04. The highest BCUT2D eigenvalue weighted by Gasteiger charge is 2.09. The van der Waals surface area contributed by atoms with Crippen molar-refractivity contribution in [1.82, 2.24) is 0 Å². The molecule has 0 bridgehead atoms. The van der Waals surface area contributed by atoms with E-state index in [0.29, 0.717) is 23.2 Å². The van der Waals surface area contributed by atoms with E-state index in [1.165, 1.54) is 37.0 Å². The number of hydrogen-bond acceptors (Lipinski definition) is 2. The molecule has 0 aliphatic carbocycles. The van der Waals surface area contributed by atoms with Crippen molar-refractivity contribution >= 4 is 11.4 Å². The van der Waals surface area contributed by atoms with E-state index in [-0.39, 0.29) is 5.56 Å². The van der Waals surface area contributed by atoms with Crippen molar-refractivity contribution in [3.63, 3.8) is 0 Å². The molecule has 0 aromatic heterocycles. The Balaban J connectivity index is 1.61. The summed E-state index contributed by atoms with van der Waals surface area (Å²) >= 11 is 0. The third-order valence-corrected chi connectivity index (χ3v) is 5.66. The van der Waals surface area contributed by atoms with Gasteiger partial charge in [0.2, 0.25) is 0 Å². The molecule has 0 radical (unpaired) electrons. The summed E-state index contributed by atoms with van der Waals surface area (Å²) in [5.41, 5.74) is 3.94. The maximum atomic E-state index is 14.4. The summed E-state index contributed by atoms with van der Waals surface area (Å²) in [7, 11) is 0. The van der Waals surface area contributed by atoms with Crippen LogP contribution in [0.5, 0.6) is 0 Å². The van der Waals surface area contributed by atoms with Crippen molar-refractivity contribution in [2.75, 3.05) is 0 Å². The van der Waals surface area contributed by atoms with Crippen molar-refractivity contribution < 1.29 is 8.78 Å². The van der Waals surface area contributed by atoms with Gasteiger partial charge in [0.1, 0.15) is 11.6 Å². The number of halogens is 2. The number of rotatable bonds is 10. The number of azo groups is 1. The molecule has 0 N–H and O–H groups in total. The number of aryl methyl sites for hydroxylation is 2. The molecule has 3 aromatic carbocycles. The topological polar surface area (TPSA) is 24.7 Å². The molecule has 0 aliphatic heterocycles. The molecule has 3 aromatic rings. The van der Waals surface area contributed by atoms with Gasteiger partial charge in [-0.05, 0) is 85.3 Å². The van der Waals surface area contributed by atoms with Crippen LogP contribution >= 0.6 is 0 Å². The molecule has 0 aliphatic rings. The first-order chi connectivity index (χ1) is 16.6. The lowest BCUT2D eigenvalue weighted by molar-refractivity contribution is 0.572. The molecule has 0 amide bonds. The molecule has 0 heterocycles. The van der Waals surface area contributed by atoms with Crippen molar-refractivity contribution in [1.29, 1.82) is 0 Å². The third kappa shape index (κ3) is 7.92. The zero-order chi connectivity index (χ0) is 24.2. The van der Waals surface area contributed by atoms with Crippen LogP contribution in [0.25, 0.3) is 0 Å². The van der Waals surface area contributed by atoms with Crippen molar-refractivity contribution in [2.24, 2.45) is 10.2 Å². The van der Waals surface area contributed by atoms with E-state index in [0.717, 1.165) is 31.4 Å². The maximum absolute atomic E-state index is 14.4. The van der Waals surface area contributed by atoms with Gasteiger partial charge in [-0.15, -0.1) is 0 Å². The van der Waals surface area contributed by atoms with Gasteiger partial charge < -0.3 is 0 Å². The summed E-state index contributed by atoms with van der Waals surface area (Å²) in [6.07, 6.45) is 8.48. The maximum Gasteiger partial charge on any atom is 0.142 e. The van der Waals surface area contributed by atoms with E-state index in [1.807, 2.05) is 12.1 Å². The van der Waals surface area contributed by atoms with Gasteiger partial charge in [-0.25, -0.2) is 8.78 Å². The predicted octanol–water partition coefficient (Wildman–Crippen LogP) is 9.25. The Hall–Kier alpha value is -3.32. The zero-order valence-corrected chi connectivity index (χ0v) is 20.1. The van der Waals surface area contributed by atoms with E-state index in [4.69, 9.17) is 0 Å². The number of benzene rings is 3. The van der Waals surface area contributed by atoms with Gasteiger partial charge in [-0.3, -0.25) is 0 Å². The fraction of sp³-hybridized carbons (Fsp3) is 0.333. The second kappa shape index (κ2) is 13.4. The highest BCUT2D eigenvalue weighted by atomic mass is 19.1. The second-order valence-corrected chi connectivity index (χ2v) is 8.51. The van der Waals surface area contributed by atoms with E-state index < -0.39 is 11.6 Å². The highest BCUT2D eigenvalue weighted by molar-refractivity contribution is 5.49. The van der Waals surface area contributed by atoms with Crippen LogP contribution in [0.4, 0.5) is 20.2 Å². The van der Waals surface area contributed by atoms with Gasteiger partial charge in [0.25, 0.3) is 0 Å². The smallest absolute Gasteiger partial charge is 0.142 e. The van der Waals surface area contributed by atoms with Crippen LogP contribution in [0.3, 0.4) is 0 Å². The minimum absolute atomic E-state index is 0.193. The lowest BCUT2D eigenvalue weighted by atomic mass is 10.0. The quantitative estimate of drug-likeness (QED) is 0.164. The SMILES string of the molecule is CCCCCc1ccc(N=Nc2ccc(C#Cc3c(F)cc(CCCCC)cc3F)cc2)cc1. The summed E-state index contributed by atoms with van der Waals surface area (Å²) in [6.45, 7) is 4.30. The zero-order valence-electron chi connectivity index (χ0n) is 20.1. The van der Waals surface area contributed by atoms with Gasteiger partial charge in [-0.1, -0.05) is 63.5 Å². The average molecular weight is 459 g/mol. The third-order valence-electron chi connectivity index (χ3n) is 5.66. The Labute approximate surface area is 202 Å². The average Bonchev–Trinajstić information content (AvgIpc) is 2.84. The van der Waals surface area contributed by atoms with Gasteiger partial charge in [0.15, 0.2) is 0 Å². The molecular weight excluding hydrogens is 426 g/mol. The molecule has 0 saturated heterocycles.